The predicted octanol–water partition coefficient (Wildman–Crippen LogP) is 3.74. The zero-order valence-electron chi connectivity index (χ0n) is 17.7. The van der Waals surface area contributed by atoms with Crippen LogP contribution in [0.1, 0.15) is 28.8 Å². The van der Waals surface area contributed by atoms with E-state index in [-0.39, 0.29) is 23.5 Å². The standard InChI is InChI=1S/C25H26N2O4S/c28-25(26-18-23-7-4-16-31-23)22-10-8-20(9-11-22)21-12-14-24(15-13-21)32(29,30)27-17-19-5-2-1-3-6-19/h1-3,5-6,8-15,23,27H,4,7,16-18H2,(H,26,28). The highest BCUT2D eigenvalue weighted by Crippen LogP contribution is 2.22. The summed E-state index contributed by atoms with van der Waals surface area (Å²) in [6.07, 6.45) is 2.13. The molecule has 0 bridgehead atoms. The molecule has 4 rings (SSSR count). The van der Waals surface area contributed by atoms with Crippen molar-refractivity contribution in [2.24, 2.45) is 0 Å². The topological polar surface area (TPSA) is 84.5 Å². The van der Waals surface area contributed by atoms with E-state index in [0.29, 0.717) is 12.1 Å². The van der Waals surface area contributed by atoms with E-state index in [0.717, 1.165) is 36.1 Å². The number of nitrogens with one attached hydrogen (secondary N) is 2. The van der Waals surface area contributed by atoms with Crippen molar-refractivity contribution in [3.8, 4) is 11.1 Å². The number of carbonyl (C=O) groups excluding carboxylic acids is 1. The van der Waals surface area contributed by atoms with E-state index in [1.165, 1.54) is 0 Å². The maximum absolute atomic E-state index is 12.6. The van der Waals surface area contributed by atoms with Crippen LogP contribution >= 0.6 is 0 Å². The molecule has 1 aliphatic heterocycles. The van der Waals surface area contributed by atoms with E-state index in [1.54, 1.807) is 36.4 Å². The first-order valence-corrected chi connectivity index (χ1v) is 12.1. The largest absolute Gasteiger partial charge is 0.376 e. The number of benzene rings is 3. The number of hydrogen-bond donors (Lipinski definition) is 2. The van der Waals surface area contributed by atoms with E-state index >= 15 is 0 Å². The Hall–Kier alpha value is -3.00. The molecular formula is C25H26N2O4S. The van der Waals surface area contributed by atoms with Gasteiger partial charge in [-0.05, 0) is 53.8 Å². The molecule has 1 amide bonds. The van der Waals surface area contributed by atoms with Gasteiger partial charge >= 0.3 is 0 Å². The molecule has 1 aliphatic rings. The van der Waals surface area contributed by atoms with Crippen LogP contribution in [0.15, 0.2) is 83.8 Å². The minimum atomic E-state index is -3.60. The summed E-state index contributed by atoms with van der Waals surface area (Å²) in [6, 6.07) is 23.4. The minimum Gasteiger partial charge on any atom is -0.376 e. The Morgan fingerprint density at radius 3 is 2.19 bits per heavy atom. The number of amides is 1. The smallest absolute Gasteiger partial charge is 0.251 e. The first-order valence-electron chi connectivity index (χ1n) is 10.7. The van der Waals surface area contributed by atoms with Gasteiger partial charge in [0.05, 0.1) is 11.0 Å². The lowest BCUT2D eigenvalue weighted by atomic mass is 10.0. The quantitative estimate of drug-likeness (QED) is 0.548. The van der Waals surface area contributed by atoms with Crippen LogP contribution in [0.25, 0.3) is 11.1 Å². The maximum atomic E-state index is 12.6. The van der Waals surface area contributed by atoms with Gasteiger partial charge in [-0.15, -0.1) is 0 Å². The van der Waals surface area contributed by atoms with E-state index < -0.39 is 10.0 Å². The highest BCUT2D eigenvalue weighted by Gasteiger charge is 2.17. The second-order valence-corrected chi connectivity index (χ2v) is 9.52. The van der Waals surface area contributed by atoms with Crippen molar-refractivity contribution in [3.63, 3.8) is 0 Å². The molecule has 0 spiro atoms. The third kappa shape index (κ3) is 5.62. The van der Waals surface area contributed by atoms with Crippen LogP contribution in [0.4, 0.5) is 0 Å². The van der Waals surface area contributed by atoms with Gasteiger partial charge in [-0.3, -0.25) is 4.79 Å². The first kappa shape index (κ1) is 22.2. The third-order valence-electron chi connectivity index (χ3n) is 5.47. The summed E-state index contributed by atoms with van der Waals surface area (Å²) < 4.78 is 33.3. The van der Waals surface area contributed by atoms with E-state index in [2.05, 4.69) is 10.0 Å². The predicted molar refractivity (Wildman–Crippen MR) is 124 cm³/mol. The molecule has 0 aliphatic carbocycles. The monoisotopic (exact) mass is 450 g/mol. The molecule has 1 saturated heterocycles. The molecule has 1 heterocycles. The van der Waals surface area contributed by atoms with Gasteiger partial charge in [0, 0.05) is 25.3 Å². The molecule has 1 atom stereocenters. The molecule has 0 radical (unpaired) electrons. The fraction of sp³-hybridized carbons (Fsp3) is 0.240. The van der Waals surface area contributed by atoms with Gasteiger partial charge in [-0.25, -0.2) is 13.1 Å². The molecular weight excluding hydrogens is 424 g/mol. The molecule has 166 valence electrons. The van der Waals surface area contributed by atoms with Crippen LogP contribution in [-0.2, 0) is 21.3 Å². The van der Waals surface area contributed by atoms with Crippen LogP contribution in [0, 0.1) is 0 Å². The molecule has 6 nitrogen and oxygen atoms in total. The summed E-state index contributed by atoms with van der Waals surface area (Å²) in [7, 11) is -3.60. The van der Waals surface area contributed by atoms with Crippen molar-refractivity contribution in [2.45, 2.75) is 30.4 Å². The molecule has 3 aromatic rings. The van der Waals surface area contributed by atoms with Gasteiger partial charge in [0.15, 0.2) is 0 Å². The highest BCUT2D eigenvalue weighted by molar-refractivity contribution is 7.89. The Balaban J connectivity index is 1.37. The highest BCUT2D eigenvalue weighted by atomic mass is 32.2. The third-order valence-corrected chi connectivity index (χ3v) is 6.89. The van der Waals surface area contributed by atoms with Gasteiger partial charge in [0.25, 0.3) is 5.91 Å². The number of rotatable bonds is 8. The number of hydrogen-bond acceptors (Lipinski definition) is 4. The molecule has 32 heavy (non-hydrogen) atoms. The Morgan fingerprint density at radius 1 is 0.906 bits per heavy atom. The minimum absolute atomic E-state index is 0.107. The number of carbonyl (C=O) groups is 1. The van der Waals surface area contributed by atoms with Gasteiger partial charge in [0.1, 0.15) is 0 Å². The van der Waals surface area contributed by atoms with Gasteiger partial charge in [-0.2, -0.15) is 0 Å². The van der Waals surface area contributed by atoms with Crippen molar-refractivity contribution in [2.75, 3.05) is 13.2 Å². The summed E-state index contributed by atoms with van der Waals surface area (Å²) in [5, 5.41) is 2.91. The molecule has 1 unspecified atom stereocenters. The normalized spacial score (nSPS) is 16.1. The average molecular weight is 451 g/mol. The van der Waals surface area contributed by atoms with Crippen molar-refractivity contribution in [1.29, 1.82) is 0 Å². The van der Waals surface area contributed by atoms with Crippen LogP contribution in [0.3, 0.4) is 0 Å². The lowest BCUT2D eigenvalue weighted by Gasteiger charge is -2.11. The fourth-order valence-electron chi connectivity index (χ4n) is 3.61. The number of ether oxygens (including phenoxy) is 1. The van der Waals surface area contributed by atoms with Crippen molar-refractivity contribution < 1.29 is 17.9 Å². The van der Waals surface area contributed by atoms with Gasteiger partial charge in [0.2, 0.25) is 10.0 Å². The fourth-order valence-corrected chi connectivity index (χ4v) is 4.63. The van der Waals surface area contributed by atoms with E-state index in [1.807, 2.05) is 42.5 Å². The zero-order valence-corrected chi connectivity index (χ0v) is 18.5. The van der Waals surface area contributed by atoms with Crippen LogP contribution in [0.2, 0.25) is 0 Å². The summed E-state index contributed by atoms with van der Waals surface area (Å²) in [5.41, 5.74) is 3.25. The summed E-state index contributed by atoms with van der Waals surface area (Å²) in [5.74, 6) is -0.127. The maximum Gasteiger partial charge on any atom is 0.251 e. The zero-order chi connectivity index (χ0) is 22.4. The number of sulfonamides is 1. The van der Waals surface area contributed by atoms with Gasteiger partial charge < -0.3 is 10.1 Å². The SMILES string of the molecule is O=C(NCC1CCCO1)c1ccc(-c2ccc(S(=O)(=O)NCc3ccccc3)cc2)cc1. The Labute approximate surface area is 188 Å². The van der Waals surface area contributed by atoms with Crippen LogP contribution < -0.4 is 10.0 Å². The Kier molecular flexibility index (Phi) is 6.99. The molecule has 2 N–H and O–H groups in total. The lowest BCUT2D eigenvalue weighted by molar-refractivity contribution is 0.0858. The Morgan fingerprint density at radius 2 is 1.56 bits per heavy atom. The second kappa shape index (κ2) is 10.1. The molecule has 7 heteroatoms. The van der Waals surface area contributed by atoms with Crippen LogP contribution in [-0.4, -0.2) is 33.6 Å². The van der Waals surface area contributed by atoms with Gasteiger partial charge in [-0.1, -0.05) is 54.6 Å². The Bertz CT molecular complexity index is 1140. The molecule has 3 aromatic carbocycles. The second-order valence-electron chi connectivity index (χ2n) is 7.76. The molecule has 0 aromatic heterocycles. The molecule has 1 fully saturated rings. The van der Waals surface area contributed by atoms with Crippen molar-refractivity contribution in [1.82, 2.24) is 10.0 Å². The molecule has 0 saturated carbocycles. The first-order chi connectivity index (χ1) is 15.5. The van der Waals surface area contributed by atoms with E-state index in [9.17, 15) is 13.2 Å². The summed E-state index contributed by atoms with van der Waals surface area (Å²) in [6.45, 7) is 1.52. The summed E-state index contributed by atoms with van der Waals surface area (Å²) in [4.78, 5) is 12.5. The summed E-state index contributed by atoms with van der Waals surface area (Å²) >= 11 is 0. The van der Waals surface area contributed by atoms with Crippen molar-refractivity contribution >= 4 is 15.9 Å². The van der Waals surface area contributed by atoms with Crippen molar-refractivity contribution in [3.05, 3.63) is 90.0 Å². The van der Waals surface area contributed by atoms with Crippen LogP contribution in [0.5, 0.6) is 0 Å². The lowest BCUT2D eigenvalue weighted by Crippen LogP contribution is -2.31. The average Bonchev–Trinajstić information content (AvgIpc) is 3.36. The van der Waals surface area contributed by atoms with E-state index in [4.69, 9.17) is 4.74 Å².